The maximum absolute atomic E-state index is 12.5. The van der Waals surface area contributed by atoms with E-state index in [1.807, 2.05) is 17.9 Å². The Morgan fingerprint density at radius 2 is 2.04 bits per heavy atom. The van der Waals surface area contributed by atoms with Crippen molar-refractivity contribution < 1.29 is 13.9 Å². The van der Waals surface area contributed by atoms with Crippen LogP contribution in [-0.2, 0) is 16.1 Å². The summed E-state index contributed by atoms with van der Waals surface area (Å²) in [5.41, 5.74) is 0. The normalized spacial score (nSPS) is 30.7. The number of furan rings is 1. The maximum Gasteiger partial charge on any atom is 0.222 e. The van der Waals surface area contributed by atoms with Gasteiger partial charge in [-0.1, -0.05) is 0 Å². The number of carbonyl (C=O) groups excluding carboxylic acids is 1. The van der Waals surface area contributed by atoms with Gasteiger partial charge in [0.05, 0.1) is 19.8 Å². The predicted molar refractivity (Wildman–Crippen MR) is 90.4 cm³/mol. The number of carbonyl (C=O) groups is 1. The summed E-state index contributed by atoms with van der Waals surface area (Å²) in [5.74, 6) is 3.87. The molecule has 1 amide bonds. The summed E-state index contributed by atoms with van der Waals surface area (Å²) in [7, 11) is 0. The molecule has 3 atom stereocenters. The Balaban J connectivity index is 1.36. The summed E-state index contributed by atoms with van der Waals surface area (Å²) in [6.07, 6.45) is 2.99. The van der Waals surface area contributed by atoms with Crippen LogP contribution in [-0.4, -0.2) is 55.1 Å². The van der Waals surface area contributed by atoms with Gasteiger partial charge in [-0.3, -0.25) is 9.69 Å². The highest BCUT2D eigenvalue weighted by molar-refractivity contribution is 5.76. The van der Waals surface area contributed by atoms with Crippen molar-refractivity contribution in [3.05, 3.63) is 23.7 Å². The molecule has 0 unspecified atom stereocenters. The van der Waals surface area contributed by atoms with Gasteiger partial charge in [-0.2, -0.15) is 0 Å². The summed E-state index contributed by atoms with van der Waals surface area (Å²) < 4.78 is 11.6. The highest BCUT2D eigenvalue weighted by atomic mass is 16.5. The van der Waals surface area contributed by atoms with Crippen molar-refractivity contribution in [2.75, 3.05) is 39.4 Å². The van der Waals surface area contributed by atoms with E-state index in [0.29, 0.717) is 30.1 Å². The Morgan fingerprint density at radius 3 is 2.79 bits per heavy atom. The van der Waals surface area contributed by atoms with E-state index in [1.165, 1.54) is 0 Å². The molecular formula is C19H28N2O3. The van der Waals surface area contributed by atoms with Crippen LogP contribution in [0.4, 0.5) is 0 Å². The molecule has 3 fully saturated rings. The molecule has 0 spiro atoms. The maximum atomic E-state index is 12.5. The zero-order valence-corrected chi connectivity index (χ0v) is 14.6. The largest absolute Gasteiger partial charge is 0.465 e. The molecule has 1 aromatic rings. The van der Waals surface area contributed by atoms with Gasteiger partial charge in [0.15, 0.2) is 0 Å². The third-order valence-corrected chi connectivity index (χ3v) is 5.91. The highest BCUT2D eigenvalue weighted by Gasteiger charge is 2.42. The average molecular weight is 332 g/mol. The van der Waals surface area contributed by atoms with Crippen LogP contribution in [0.25, 0.3) is 0 Å². The van der Waals surface area contributed by atoms with Crippen LogP contribution in [0.15, 0.2) is 16.5 Å². The Bertz CT molecular complexity index is 579. The molecule has 3 aliphatic heterocycles. The molecule has 0 radical (unpaired) electrons. The molecule has 0 aliphatic carbocycles. The Hall–Kier alpha value is -1.33. The third kappa shape index (κ3) is 3.38. The van der Waals surface area contributed by atoms with Gasteiger partial charge in [-0.15, -0.1) is 0 Å². The minimum absolute atomic E-state index is 0.335. The first-order valence-corrected chi connectivity index (χ1v) is 9.32. The molecule has 4 rings (SSSR count). The minimum atomic E-state index is 0.335. The van der Waals surface area contributed by atoms with Gasteiger partial charge >= 0.3 is 0 Å². The Morgan fingerprint density at radius 1 is 1.21 bits per heavy atom. The van der Waals surface area contributed by atoms with Crippen molar-refractivity contribution >= 4 is 5.91 Å². The van der Waals surface area contributed by atoms with Crippen molar-refractivity contribution in [2.24, 2.45) is 17.8 Å². The molecule has 3 aliphatic rings. The molecule has 0 saturated carbocycles. The zero-order chi connectivity index (χ0) is 16.5. The van der Waals surface area contributed by atoms with Crippen molar-refractivity contribution in [2.45, 2.75) is 32.7 Å². The second-order valence-corrected chi connectivity index (χ2v) is 7.72. The molecule has 0 bridgehead atoms. The summed E-state index contributed by atoms with van der Waals surface area (Å²) >= 11 is 0. The number of rotatable bonds is 4. The van der Waals surface area contributed by atoms with Crippen molar-refractivity contribution in [3.8, 4) is 0 Å². The van der Waals surface area contributed by atoms with Crippen LogP contribution in [0, 0.1) is 24.7 Å². The number of hydrogen-bond donors (Lipinski definition) is 0. The number of nitrogens with zero attached hydrogens (tertiary/aromatic N) is 2. The number of aryl methyl sites for hydroxylation is 1. The predicted octanol–water partition coefficient (Wildman–Crippen LogP) is 2.29. The van der Waals surface area contributed by atoms with Gasteiger partial charge in [0, 0.05) is 32.6 Å². The number of fused-ring (bicyclic) bond motifs is 1. The van der Waals surface area contributed by atoms with E-state index in [2.05, 4.69) is 11.0 Å². The standard InChI is InChI=1S/C19H28N2O3/c1-14-4-5-17(24-14)10-20-9-16-13-23-12-15(18(16)11-20)8-19(22)21-6-2-3-7-21/h4-5,15-16,18H,2-3,6-13H2,1H3/t15-,16-,18+/m0/s1. The van der Waals surface area contributed by atoms with Gasteiger partial charge in [0.1, 0.15) is 11.5 Å². The lowest BCUT2D eigenvalue weighted by Gasteiger charge is -2.33. The summed E-state index contributed by atoms with van der Waals surface area (Å²) in [4.78, 5) is 17.0. The van der Waals surface area contributed by atoms with E-state index in [9.17, 15) is 4.79 Å². The fourth-order valence-electron chi connectivity index (χ4n) is 4.64. The van der Waals surface area contributed by atoms with E-state index in [0.717, 1.165) is 70.3 Å². The molecule has 5 nitrogen and oxygen atoms in total. The SMILES string of the molecule is Cc1ccc(CN2C[C@H]3COC[C@H](CC(=O)N4CCCC4)[C@H]3C2)o1. The van der Waals surface area contributed by atoms with Gasteiger partial charge in [0.2, 0.25) is 5.91 Å². The quantitative estimate of drug-likeness (QED) is 0.849. The van der Waals surface area contributed by atoms with Gasteiger partial charge in [-0.05, 0) is 49.7 Å². The van der Waals surface area contributed by atoms with Crippen LogP contribution in [0.5, 0.6) is 0 Å². The van der Waals surface area contributed by atoms with Crippen molar-refractivity contribution in [3.63, 3.8) is 0 Å². The molecular weight excluding hydrogens is 304 g/mol. The Kier molecular flexibility index (Phi) is 4.63. The van der Waals surface area contributed by atoms with E-state index in [-0.39, 0.29) is 0 Å². The smallest absolute Gasteiger partial charge is 0.222 e. The van der Waals surface area contributed by atoms with E-state index in [1.54, 1.807) is 0 Å². The first-order valence-electron chi connectivity index (χ1n) is 9.32. The lowest BCUT2D eigenvalue weighted by atomic mass is 9.81. The average Bonchev–Trinajstić information content (AvgIpc) is 3.28. The second kappa shape index (κ2) is 6.89. The lowest BCUT2D eigenvalue weighted by molar-refractivity contribution is -0.133. The van der Waals surface area contributed by atoms with Crippen LogP contribution in [0.3, 0.4) is 0 Å². The minimum Gasteiger partial charge on any atom is -0.465 e. The fraction of sp³-hybridized carbons (Fsp3) is 0.737. The molecule has 132 valence electrons. The summed E-state index contributed by atoms with van der Waals surface area (Å²) in [5, 5.41) is 0. The first kappa shape index (κ1) is 16.2. The molecule has 24 heavy (non-hydrogen) atoms. The van der Waals surface area contributed by atoms with Gasteiger partial charge < -0.3 is 14.1 Å². The fourth-order valence-corrected chi connectivity index (χ4v) is 4.64. The molecule has 0 aromatic carbocycles. The van der Waals surface area contributed by atoms with E-state index < -0.39 is 0 Å². The number of hydrogen-bond acceptors (Lipinski definition) is 4. The van der Waals surface area contributed by atoms with Crippen molar-refractivity contribution in [1.29, 1.82) is 0 Å². The monoisotopic (exact) mass is 332 g/mol. The topological polar surface area (TPSA) is 45.9 Å². The van der Waals surface area contributed by atoms with Crippen LogP contribution >= 0.6 is 0 Å². The summed E-state index contributed by atoms with van der Waals surface area (Å²) in [6, 6.07) is 4.10. The van der Waals surface area contributed by atoms with E-state index >= 15 is 0 Å². The van der Waals surface area contributed by atoms with E-state index in [4.69, 9.17) is 9.15 Å². The van der Waals surface area contributed by atoms with Crippen LogP contribution < -0.4 is 0 Å². The highest BCUT2D eigenvalue weighted by Crippen LogP contribution is 2.36. The van der Waals surface area contributed by atoms with Gasteiger partial charge in [0.25, 0.3) is 0 Å². The lowest BCUT2D eigenvalue weighted by Crippen LogP contribution is -2.39. The molecule has 5 heteroatoms. The second-order valence-electron chi connectivity index (χ2n) is 7.72. The summed E-state index contributed by atoms with van der Waals surface area (Å²) in [6.45, 7) is 8.45. The van der Waals surface area contributed by atoms with Crippen molar-refractivity contribution in [1.82, 2.24) is 9.80 Å². The van der Waals surface area contributed by atoms with Crippen LogP contribution in [0.1, 0.15) is 30.8 Å². The number of ether oxygens (including phenoxy) is 1. The number of likely N-dealkylation sites (tertiary alicyclic amines) is 2. The molecule has 0 N–H and O–H groups in total. The van der Waals surface area contributed by atoms with Gasteiger partial charge in [-0.25, -0.2) is 0 Å². The Labute approximate surface area is 143 Å². The molecule has 4 heterocycles. The first-order chi connectivity index (χ1) is 11.7. The molecule has 1 aromatic heterocycles. The number of amides is 1. The molecule has 3 saturated heterocycles. The van der Waals surface area contributed by atoms with Crippen LogP contribution in [0.2, 0.25) is 0 Å². The zero-order valence-electron chi connectivity index (χ0n) is 14.6. The third-order valence-electron chi connectivity index (χ3n) is 5.91.